The van der Waals surface area contributed by atoms with E-state index in [-0.39, 0.29) is 11.8 Å². The summed E-state index contributed by atoms with van der Waals surface area (Å²) < 4.78 is 5.13. The van der Waals surface area contributed by atoms with Gasteiger partial charge in [0.1, 0.15) is 0 Å². The monoisotopic (exact) mass is 306 g/mol. The molecule has 0 unspecified atom stereocenters. The van der Waals surface area contributed by atoms with E-state index in [4.69, 9.17) is 16.1 Å². The summed E-state index contributed by atoms with van der Waals surface area (Å²) in [7, 11) is 0. The molecular weight excluding hydrogens is 292 g/mol. The zero-order chi connectivity index (χ0) is 14.8. The lowest BCUT2D eigenvalue weighted by Crippen LogP contribution is -2.48. The fourth-order valence-corrected chi connectivity index (χ4v) is 2.40. The van der Waals surface area contributed by atoms with Gasteiger partial charge in [-0.15, -0.1) is 0 Å². The molecule has 1 amide bonds. The van der Waals surface area contributed by atoms with Crippen molar-refractivity contribution in [2.75, 3.05) is 25.0 Å². The molecule has 0 atom stereocenters. The SMILES string of the molecule is Cc1noc(C2CN(CC(=O)Nc3ccc(Cl)cc3)C2)n1. The number of carbonyl (C=O) groups is 1. The number of benzene rings is 1. The molecule has 1 N–H and O–H groups in total. The Bertz CT molecular complexity index is 635. The summed E-state index contributed by atoms with van der Waals surface area (Å²) in [4.78, 5) is 18.2. The summed E-state index contributed by atoms with van der Waals surface area (Å²) in [6.45, 7) is 3.67. The summed E-state index contributed by atoms with van der Waals surface area (Å²) >= 11 is 5.80. The molecule has 7 heteroatoms. The molecule has 2 heterocycles. The number of nitrogens with one attached hydrogen (secondary N) is 1. The number of carbonyl (C=O) groups excluding carboxylic acids is 1. The number of hydrogen-bond acceptors (Lipinski definition) is 5. The highest BCUT2D eigenvalue weighted by Crippen LogP contribution is 2.25. The third-order valence-electron chi connectivity index (χ3n) is 3.34. The second-order valence-electron chi connectivity index (χ2n) is 5.13. The predicted molar refractivity (Wildman–Crippen MR) is 78.3 cm³/mol. The first-order valence-electron chi connectivity index (χ1n) is 6.68. The van der Waals surface area contributed by atoms with Crippen LogP contribution < -0.4 is 5.32 Å². The lowest BCUT2D eigenvalue weighted by Gasteiger charge is -2.36. The van der Waals surface area contributed by atoms with Gasteiger partial charge in [0.25, 0.3) is 0 Å². The van der Waals surface area contributed by atoms with Gasteiger partial charge < -0.3 is 9.84 Å². The third kappa shape index (κ3) is 3.40. The number of halogens is 1. The molecule has 1 saturated heterocycles. The minimum Gasteiger partial charge on any atom is -0.339 e. The van der Waals surface area contributed by atoms with E-state index in [0.29, 0.717) is 23.3 Å². The second-order valence-corrected chi connectivity index (χ2v) is 5.56. The normalized spacial score (nSPS) is 15.7. The summed E-state index contributed by atoms with van der Waals surface area (Å²) in [5.74, 6) is 1.48. The summed E-state index contributed by atoms with van der Waals surface area (Å²) in [5, 5.41) is 7.26. The van der Waals surface area contributed by atoms with E-state index in [1.165, 1.54) is 0 Å². The van der Waals surface area contributed by atoms with E-state index < -0.39 is 0 Å². The average Bonchev–Trinajstić information content (AvgIpc) is 2.82. The van der Waals surface area contributed by atoms with E-state index in [2.05, 4.69) is 15.5 Å². The van der Waals surface area contributed by atoms with E-state index in [1.54, 1.807) is 31.2 Å². The molecule has 1 aliphatic rings. The van der Waals surface area contributed by atoms with Crippen molar-refractivity contribution < 1.29 is 9.32 Å². The van der Waals surface area contributed by atoms with E-state index in [9.17, 15) is 4.79 Å². The van der Waals surface area contributed by atoms with Gasteiger partial charge in [-0.1, -0.05) is 16.8 Å². The molecule has 1 aliphatic heterocycles. The number of aryl methyl sites for hydroxylation is 1. The van der Waals surface area contributed by atoms with Gasteiger partial charge >= 0.3 is 0 Å². The van der Waals surface area contributed by atoms with Gasteiger partial charge in [-0.25, -0.2) is 0 Å². The van der Waals surface area contributed by atoms with Gasteiger partial charge in [0.05, 0.1) is 12.5 Å². The van der Waals surface area contributed by atoms with Crippen molar-refractivity contribution in [2.24, 2.45) is 0 Å². The molecule has 0 aliphatic carbocycles. The standard InChI is InChI=1S/C14H15ClN4O2/c1-9-16-14(21-18-9)10-6-19(7-10)8-13(20)17-12-4-2-11(15)3-5-12/h2-5,10H,6-8H2,1H3,(H,17,20). The number of likely N-dealkylation sites (tertiary alicyclic amines) is 1. The first-order valence-corrected chi connectivity index (χ1v) is 7.06. The Morgan fingerprint density at radius 3 is 2.76 bits per heavy atom. The van der Waals surface area contributed by atoms with Gasteiger partial charge in [-0.05, 0) is 31.2 Å². The van der Waals surface area contributed by atoms with Crippen molar-refractivity contribution in [3.63, 3.8) is 0 Å². The quantitative estimate of drug-likeness (QED) is 0.936. The molecule has 2 aromatic rings. The molecule has 0 radical (unpaired) electrons. The summed E-state index contributed by atoms with van der Waals surface area (Å²) in [5.41, 5.74) is 0.744. The van der Waals surface area contributed by atoms with Crippen molar-refractivity contribution in [3.8, 4) is 0 Å². The van der Waals surface area contributed by atoms with Crippen LogP contribution in [0.25, 0.3) is 0 Å². The fraction of sp³-hybridized carbons (Fsp3) is 0.357. The van der Waals surface area contributed by atoms with Crippen molar-refractivity contribution >= 4 is 23.2 Å². The van der Waals surface area contributed by atoms with Gasteiger partial charge in [0.15, 0.2) is 5.82 Å². The van der Waals surface area contributed by atoms with Crippen LogP contribution >= 0.6 is 11.6 Å². The second kappa shape index (κ2) is 5.83. The van der Waals surface area contributed by atoms with E-state index in [0.717, 1.165) is 18.8 Å². The Morgan fingerprint density at radius 1 is 1.43 bits per heavy atom. The maximum absolute atomic E-state index is 11.9. The van der Waals surface area contributed by atoms with Crippen molar-refractivity contribution in [3.05, 3.63) is 41.0 Å². The molecule has 3 rings (SSSR count). The summed E-state index contributed by atoms with van der Waals surface area (Å²) in [6.07, 6.45) is 0. The van der Waals surface area contributed by atoms with Crippen LogP contribution in [-0.2, 0) is 4.79 Å². The lowest BCUT2D eigenvalue weighted by atomic mass is 10.0. The van der Waals surface area contributed by atoms with Crippen LogP contribution in [0.5, 0.6) is 0 Å². The Hall–Kier alpha value is -1.92. The van der Waals surface area contributed by atoms with Crippen molar-refractivity contribution in [1.29, 1.82) is 0 Å². The Morgan fingerprint density at radius 2 is 2.14 bits per heavy atom. The first kappa shape index (κ1) is 14.0. The minimum absolute atomic E-state index is 0.0440. The maximum Gasteiger partial charge on any atom is 0.238 e. The molecule has 0 saturated carbocycles. The van der Waals surface area contributed by atoms with Crippen molar-refractivity contribution in [2.45, 2.75) is 12.8 Å². The molecule has 1 fully saturated rings. The maximum atomic E-state index is 11.9. The molecule has 6 nitrogen and oxygen atoms in total. The zero-order valence-corrected chi connectivity index (χ0v) is 12.3. The number of anilines is 1. The van der Waals surface area contributed by atoms with E-state index in [1.807, 2.05) is 4.90 Å². The highest BCUT2D eigenvalue weighted by Gasteiger charge is 2.33. The highest BCUT2D eigenvalue weighted by molar-refractivity contribution is 6.30. The van der Waals surface area contributed by atoms with Gasteiger partial charge in [0, 0.05) is 23.8 Å². The fourth-order valence-electron chi connectivity index (χ4n) is 2.27. The molecule has 1 aromatic carbocycles. The molecule has 0 bridgehead atoms. The van der Waals surface area contributed by atoms with Crippen LogP contribution in [0, 0.1) is 6.92 Å². The van der Waals surface area contributed by atoms with Gasteiger partial charge in [0.2, 0.25) is 11.8 Å². The molecule has 21 heavy (non-hydrogen) atoms. The number of rotatable bonds is 4. The summed E-state index contributed by atoms with van der Waals surface area (Å²) in [6, 6.07) is 7.05. The average molecular weight is 307 g/mol. The largest absolute Gasteiger partial charge is 0.339 e. The minimum atomic E-state index is -0.0440. The first-order chi connectivity index (χ1) is 10.1. The predicted octanol–water partition coefficient (Wildman–Crippen LogP) is 2.07. The smallest absolute Gasteiger partial charge is 0.238 e. The van der Waals surface area contributed by atoms with Gasteiger partial charge in [-0.2, -0.15) is 4.98 Å². The molecular formula is C14H15ClN4O2. The number of aromatic nitrogens is 2. The van der Waals surface area contributed by atoms with Crippen molar-refractivity contribution in [1.82, 2.24) is 15.0 Å². The Kier molecular flexibility index (Phi) is 3.90. The van der Waals surface area contributed by atoms with Crippen LogP contribution in [-0.4, -0.2) is 40.6 Å². The van der Waals surface area contributed by atoms with Crippen LogP contribution in [0.1, 0.15) is 17.6 Å². The van der Waals surface area contributed by atoms with Crippen LogP contribution in [0.3, 0.4) is 0 Å². The molecule has 1 aromatic heterocycles. The van der Waals surface area contributed by atoms with Crippen LogP contribution in [0.4, 0.5) is 5.69 Å². The highest BCUT2D eigenvalue weighted by atomic mass is 35.5. The van der Waals surface area contributed by atoms with Gasteiger partial charge in [-0.3, -0.25) is 9.69 Å². The Labute approximate surface area is 127 Å². The zero-order valence-electron chi connectivity index (χ0n) is 11.5. The topological polar surface area (TPSA) is 71.3 Å². The number of hydrogen-bond donors (Lipinski definition) is 1. The number of amides is 1. The number of nitrogens with zero attached hydrogens (tertiary/aromatic N) is 3. The lowest BCUT2D eigenvalue weighted by molar-refractivity contribution is -0.118. The molecule has 110 valence electrons. The van der Waals surface area contributed by atoms with Crippen LogP contribution in [0.15, 0.2) is 28.8 Å². The molecule has 0 spiro atoms. The van der Waals surface area contributed by atoms with Crippen LogP contribution in [0.2, 0.25) is 5.02 Å². The Balaban J connectivity index is 1.46. The third-order valence-corrected chi connectivity index (χ3v) is 3.60. The van der Waals surface area contributed by atoms with E-state index >= 15 is 0 Å².